The van der Waals surface area contributed by atoms with E-state index in [9.17, 15) is 0 Å². The first kappa shape index (κ1) is 25.3. The van der Waals surface area contributed by atoms with Gasteiger partial charge in [0.25, 0.3) is 0 Å². The van der Waals surface area contributed by atoms with Gasteiger partial charge in [0.2, 0.25) is 0 Å². The van der Waals surface area contributed by atoms with E-state index in [2.05, 4.69) is 104 Å². The number of fused-ring (bicyclic) bond motifs is 1. The SMILES string of the molecule is c1ccc(CNCCN(Cc2ccc(CNC3CCCc4cccnc43)cc2)Cc2ccccn2)cc1. The van der Waals surface area contributed by atoms with Crippen LogP contribution in [0.5, 0.6) is 0 Å². The predicted molar refractivity (Wildman–Crippen MR) is 150 cm³/mol. The van der Waals surface area contributed by atoms with Crippen molar-refractivity contribution in [1.29, 1.82) is 0 Å². The molecule has 1 unspecified atom stereocenters. The van der Waals surface area contributed by atoms with E-state index < -0.39 is 0 Å². The van der Waals surface area contributed by atoms with E-state index in [4.69, 9.17) is 0 Å². The lowest BCUT2D eigenvalue weighted by atomic mass is 9.92. The number of nitrogens with one attached hydrogen (secondary N) is 2. The van der Waals surface area contributed by atoms with Crippen LogP contribution in [-0.2, 0) is 32.6 Å². The molecule has 0 fully saturated rings. The average molecular weight is 492 g/mol. The first-order valence-corrected chi connectivity index (χ1v) is 13.5. The highest BCUT2D eigenvalue weighted by Crippen LogP contribution is 2.27. The molecular weight excluding hydrogens is 454 g/mol. The molecule has 37 heavy (non-hydrogen) atoms. The van der Waals surface area contributed by atoms with Crippen LogP contribution in [0.1, 0.15) is 52.5 Å². The van der Waals surface area contributed by atoms with E-state index in [0.717, 1.165) is 57.8 Å². The Labute approximate surface area is 221 Å². The van der Waals surface area contributed by atoms with Gasteiger partial charge in [-0.3, -0.25) is 14.9 Å². The van der Waals surface area contributed by atoms with E-state index in [1.165, 1.54) is 34.4 Å². The summed E-state index contributed by atoms with van der Waals surface area (Å²) in [6.45, 7) is 5.38. The number of hydrogen-bond acceptors (Lipinski definition) is 5. The van der Waals surface area contributed by atoms with Crippen LogP contribution < -0.4 is 10.6 Å². The molecular formula is C32H37N5. The van der Waals surface area contributed by atoms with E-state index in [0.29, 0.717) is 6.04 Å². The monoisotopic (exact) mass is 491 g/mol. The molecule has 0 aliphatic heterocycles. The van der Waals surface area contributed by atoms with Gasteiger partial charge >= 0.3 is 0 Å². The minimum absolute atomic E-state index is 0.349. The Morgan fingerprint density at radius 1 is 0.730 bits per heavy atom. The van der Waals surface area contributed by atoms with Crippen LogP contribution in [0.2, 0.25) is 0 Å². The molecule has 1 aliphatic rings. The molecule has 190 valence electrons. The summed E-state index contributed by atoms with van der Waals surface area (Å²) in [7, 11) is 0. The summed E-state index contributed by atoms with van der Waals surface area (Å²) in [5, 5.41) is 7.34. The second kappa shape index (κ2) is 13.2. The number of hydrogen-bond donors (Lipinski definition) is 2. The molecule has 0 saturated carbocycles. The average Bonchev–Trinajstić information content (AvgIpc) is 2.96. The number of pyridine rings is 2. The van der Waals surface area contributed by atoms with Crippen molar-refractivity contribution in [3.63, 3.8) is 0 Å². The van der Waals surface area contributed by atoms with Crippen LogP contribution >= 0.6 is 0 Å². The van der Waals surface area contributed by atoms with Gasteiger partial charge in [-0.05, 0) is 59.7 Å². The van der Waals surface area contributed by atoms with Crippen molar-refractivity contribution in [3.8, 4) is 0 Å². The Morgan fingerprint density at radius 2 is 1.51 bits per heavy atom. The molecule has 0 spiro atoms. The quantitative estimate of drug-likeness (QED) is 0.259. The molecule has 2 aromatic carbocycles. The highest BCUT2D eigenvalue weighted by Gasteiger charge is 2.20. The third kappa shape index (κ3) is 7.56. The summed E-state index contributed by atoms with van der Waals surface area (Å²) in [4.78, 5) is 11.7. The van der Waals surface area contributed by atoms with Gasteiger partial charge in [0.1, 0.15) is 0 Å². The number of aryl methyl sites for hydroxylation is 1. The largest absolute Gasteiger partial charge is 0.311 e. The van der Waals surface area contributed by atoms with Crippen molar-refractivity contribution in [2.75, 3.05) is 13.1 Å². The van der Waals surface area contributed by atoms with Gasteiger partial charge in [-0.15, -0.1) is 0 Å². The molecule has 5 nitrogen and oxygen atoms in total. The fourth-order valence-electron chi connectivity index (χ4n) is 5.07. The van der Waals surface area contributed by atoms with Crippen LogP contribution in [0.4, 0.5) is 0 Å². The van der Waals surface area contributed by atoms with E-state index in [-0.39, 0.29) is 0 Å². The molecule has 2 N–H and O–H groups in total. The summed E-state index contributed by atoms with van der Waals surface area (Å²) >= 11 is 0. The Hall–Kier alpha value is -3.38. The van der Waals surface area contributed by atoms with Crippen molar-refractivity contribution in [2.45, 2.75) is 51.5 Å². The third-order valence-electron chi connectivity index (χ3n) is 7.07. The Morgan fingerprint density at radius 3 is 2.35 bits per heavy atom. The van der Waals surface area contributed by atoms with Crippen molar-refractivity contribution in [3.05, 3.63) is 131 Å². The standard InChI is InChI=1S/C32H37N5/c1-2-8-26(9-3-1)22-33-20-21-37(25-30-12-4-5-18-34-30)24-28-16-14-27(15-17-28)23-36-31-13-6-10-29-11-7-19-35-32(29)31/h1-5,7-9,11-12,14-19,31,33,36H,6,10,13,20-25H2. The first-order chi connectivity index (χ1) is 18.3. The molecule has 5 rings (SSSR count). The van der Waals surface area contributed by atoms with E-state index in [1.54, 1.807) is 0 Å². The zero-order valence-corrected chi connectivity index (χ0v) is 21.5. The van der Waals surface area contributed by atoms with Crippen molar-refractivity contribution in [2.24, 2.45) is 0 Å². The maximum atomic E-state index is 4.66. The minimum atomic E-state index is 0.349. The van der Waals surface area contributed by atoms with Crippen LogP contribution in [0.15, 0.2) is 97.3 Å². The van der Waals surface area contributed by atoms with E-state index >= 15 is 0 Å². The Balaban J connectivity index is 1.15. The summed E-state index contributed by atoms with van der Waals surface area (Å²) in [6, 6.07) is 30.4. The molecule has 5 heteroatoms. The van der Waals surface area contributed by atoms with Gasteiger partial charge in [0.15, 0.2) is 0 Å². The molecule has 0 bridgehead atoms. The number of benzene rings is 2. The van der Waals surface area contributed by atoms with Gasteiger partial charge in [0, 0.05) is 51.7 Å². The fourth-order valence-corrected chi connectivity index (χ4v) is 5.07. The minimum Gasteiger partial charge on any atom is -0.311 e. The molecule has 0 saturated heterocycles. The summed E-state index contributed by atoms with van der Waals surface area (Å²) in [5.41, 5.74) is 7.69. The van der Waals surface area contributed by atoms with Gasteiger partial charge in [-0.1, -0.05) is 66.7 Å². The maximum Gasteiger partial charge on any atom is 0.0605 e. The summed E-state index contributed by atoms with van der Waals surface area (Å²) < 4.78 is 0. The van der Waals surface area contributed by atoms with Crippen molar-refractivity contribution in [1.82, 2.24) is 25.5 Å². The smallest absolute Gasteiger partial charge is 0.0605 e. The highest BCUT2D eigenvalue weighted by atomic mass is 15.1. The summed E-state index contributed by atoms with van der Waals surface area (Å²) in [6.07, 6.45) is 7.32. The second-order valence-electron chi connectivity index (χ2n) is 9.88. The topological polar surface area (TPSA) is 53.1 Å². The third-order valence-corrected chi connectivity index (χ3v) is 7.07. The number of nitrogens with zero attached hydrogens (tertiary/aromatic N) is 3. The molecule has 1 atom stereocenters. The van der Waals surface area contributed by atoms with Crippen LogP contribution in [-0.4, -0.2) is 28.0 Å². The van der Waals surface area contributed by atoms with Gasteiger partial charge < -0.3 is 10.6 Å². The Kier molecular flexibility index (Phi) is 9.05. The maximum absolute atomic E-state index is 4.66. The number of rotatable bonds is 12. The Bertz CT molecular complexity index is 1210. The lowest BCUT2D eigenvalue weighted by Crippen LogP contribution is -2.31. The lowest BCUT2D eigenvalue weighted by molar-refractivity contribution is 0.253. The fraction of sp³-hybridized carbons (Fsp3) is 0.312. The van der Waals surface area contributed by atoms with Crippen LogP contribution in [0, 0.1) is 0 Å². The van der Waals surface area contributed by atoms with E-state index in [1.807, 2.05) is 18.5 Å². The summed E-state index contributed by atoms with van der Waals surface area (Å²) in [5.74, 6) is 0. The van der Waals surface area contributed by atoms with Gasteiger partial charge in [-0.2, -0.15) is 0 Å². The predicted octanol–water partition coefficient (Wildman–Crippen LogP) is 5.44. The normalized spacial score (nSPS) is 15.0. The van der Waals surface area contributed by atoms with Gasteiger partial charge in [-0.25, -0.2) is 0 Å². The number of aromatic nitrogens is 2. The highest BCUT2D eigenvalue weighted by molar-refractivity contribution is 5.27. The molecule has 0 radical (unpaired) electrons. The molecule has 0 amide bonds. The van der Waals surface area contributed by atoms with Crippen molar-refractivity contribution < 1.29 is 0 Å². The zero-order chi connectivity index (χ0) is 25.1. The molecule has 4 aromatic rings. The second-order valence-corrected chi connectivity index (χ2v) is 9.88. The van der Waals surface area contributed by atoms with Crippen LogP contribution in [0.25, 0.3) is 0 Å². The lowest BCUT2D eigenvalue weighted by Gasteiger charge is -2.25. The van der Waals surface area contributed by atoms with Crippen LogP contribution in [0.3, 0.4) is 0 Å². The van der Waals surface area contributed by atoms with Crippen molar-refractivity contribution >= 4 is 0 Å². The first-order valence-electron chi connectivity index (χ1n) is 13.5. The molecule has 1 aliphatic carbocycles. The van der Waals surface area contributed by atoms with Gasteiger partial charge in [0.05, 0.1) is 17.4 Å². The molecule has 2 aromatic heterocycles. The molecule has 2 heterocycles. The zero-order valence-electron chi connectivity index (χ0n) is 21.5.